The number of nitrogen functional groups attached to an aromatic ring is 1. The van der Waals surface area contributed by atoms with Gasteiger partial charge in [0.1, 0.15) is 0 Å². The number of nitrogens with one attached hydrogen (secondary N) is 2. The molecule has 2 amide bonds. The van der Waals surface area contributed by atoms with Gasteiger partial charge in [-0.15, -0.1) is 0 Å². The van der Waals surface area contributed by atoms with Crippen LogP contribution in [0.5, 0.6) is 0 Å². The molecular weight excluding hydrogens is 266 g/mol. The molecule has 0 atom stereocenters. The number of aryl methyl sites for hydroxylation is 1. The van der Waals surface area contributed by atoms with Gasteiger partial charge in [0.05, 0.1) is 0 Å². The fourth-order valence-corrected chi connectivity index (χ4v) is 1.87. The molecule has 0 radical (unpaired) electrons. The molecule has 0 aliphatic rings. The van der Waals surface area contributed by atoms with Gasteiger partial charge in [0.25, 0.3) is 11.8 Å². The van der Waals surface area contributed by atoms with E-state index in [-0.39, 0.29) is 11.8 Å². The minimum Gasteiger partial charge on any atom is -0.398 e. The van der Waals surface area contributed by atoms with Gasteiger partial charge >= 0.3 is 0 Å². The highest BCUT2D eigenvalue weighted by atomic mass is 16.2. The molecular formula is C16H17N3O2. The predicted molar refractivity (Wildman–Crippen MR) is 83.4 cm³/mol. The van der Waals surface area contributed by atoms with Gasteiger partial charge in [-0.05, 0) is 42.8 Å². The third-order valence-corrected chi connectivity index (χ3v) is 3.15. The first-order valence-electron chi connectivity index (χ1n) is 6.51. The zero-order chi connectivity index (χ0) is 15.4. The Morgan fingerprint density at radius 1 is 1.00 bits per heavy atom. The van der Waals surface area contributed by atoms with Crippen LogP contribution in [0.25, 0.3) is 0 Å². The van der Waals surface area contributed by atoms with Crippen LogP contribution in [0.15, 0.2) is 42.5 Å². The second-order valence-electron chi connectivity index (χ2n) is 4.69. The molecule has 108 valence electrons. The van der Waals surface area contributed by atoms with Gasteiger partial charge in [-0.25, -0.2) is 0 Å². The maximum absolute atomic E-state index is 12.2. The number of anilines is 2. The number of nitrogens with two attached hydrogens (primary N) is 1. The van der Waals surface area contributed by atoms with E-state index < -0.39 is 0 Å². The molecule has 0 saturated heterocycles. The van der Waals surface area contributed by atoms with Gasteiger partial charge in [-0.1, -0.05) is 12.1 Å². The Hall–Kier alpha value is -2.82. The maximum atomic E-state index is 12.2. The molecule has 2 rings (SSSR count). The summed E-state index contributed by atoms with van der Waals surface area (Å²) < 4.78 is 0. The van der Waals surface area contributed by atoms with Crippen molar-refractivity contribution in [2.45, 2.75) is 6.92 Å². The lowest BCUT2D eigenvalue weighted by Gasteiger charge is -2.08. The van der Waals surface area contributed by atoms with E-state index in [0.717, 1.165) is 5.56 Å². The van der Waals surface area contributed by atoms with Crippen LogP contribution in [0.4, 0.5) is 11.4 Å². The van der Waals surface area contributed by atoms with Crippen molar-refractivity contribution in [2.24, 2.45) is 0 Å². The highest BCUT2D eigenvalue weighted by Gasteiger charge is 2.09. The first kappa shape index (κ1) is 14.6. The van der Waals surface area contributed by atoms with Crippen LogP contribution in [-0.2, 0) is 0 Å². The van der Waals surface area contributed by atoms with Crippen LogP contribution >= 0.6 is 0 Å². The van der Waals surface area contributed by atoms with Crippen molar-refractivity contribution < 1.29 is 9.59 Å². The van der Waals surface area contributed by atoms with E-state index in [1.165, 1.54) is 0 Å². The fourth-order valence-electron chi connectivity index (χ4n) is 1.87. The van der Waals surface area contributed by atoms with Crippen molar-refractivity contribution in [1.29, 1.82) is 0 Å². The summed E-state index contributed by atoms with van der Waals surface area (Å²) in [7, 11) is 1.56. The second kappa shape index (κ2) is 6.09. The molecule has 2 aromatic carbocycles. The maximum Gasteiger partial charge on any atom is 0.255 e. The minimum atomic E-state index is -0.268. The summed E-state index contributed by atoms with van der Waals surface area (Å²) in [6, 6.07) is 11.9. The van der Waals surface area contributed by atoms with Crippen LogP contribution < -0.4 is 16.4 Å². The highest BCUT2D eigenvalue weighted by Crippen LogP contribution is 2.16. The smallest absolute Gasteiger partial charge is 0.255 e. The Morgan fingerprint density at radius 3 is 2.38 bits per heavy atom. The molecule has 0 saturated carbocycles. The Morgan fingerprint density at radius 2 is 1.71 bits per heavy atom. The number of hydrogen-bond acceptors (Lipinski definition) is 3. The zero-order valence-electron chi connectivity index (χ0n) is 11.9. The lowest BCUT2D eigenvalue weighted by atomic mass is 10.1. The van der Waals surface area contributed by atoms with E-state index in [1.807, 2.05) is 6.92 Å². The summed E-state index contributed by atoms with van der Waals surface area (Å²) in [5.74, 6) is -0.471. The Kier molecular flexibility index (Phi) is 4.23. The van der Waals surface area contributed by atoms with E-state index in [1.54, 1.807) is 49.5 Å². The number of hydrogen-bond donors (Lipinski definition) is 3. The number of rotatable bonds is 3. The van der Waals surface area contributed by atoms with Crippen molar-refractivity contribution in [3.05, 3.63) is 59.2 Å². The van der Waals surface area contributed by atoms with E-state index in [4.69, 9.17) is 5.73 Å². The third-order valence-electron chi connectivity index (χ3n) is 3.15. The first-order valence-corrected chi connectivity index (χ1v) is 6.51. The number of carbonyl (C=O) groups is 2. The number of benzene rings is 2. The lowest BCUT2D eigenvalue weighted by Crippen LogP contribution is -2.18. The summed E-state index contributed by atoms with van der Waals surface area (Å²) in [4.78, 5) is 23.7. The van der Waals surface area contributed by atoms with Crippen molar-refractivity contribution >= 4 is 23.2 Å². The topological polar surface area (TPSA) is 84.2 Å². The van der Waals surface area contributed by atoms with E-state index in [2.05, 4.69) is 10.6 Å². The zero-order valence-corrected chi connectivity index (χ0v) is 11.9. The van der Waals surface area contributed by atoms with Gasteiger partial charge < -0.3 is 16.4 Å². The van der Waals surface area contributed by atoms with Crippen LogP contribution in [0.1, 0.15) is 26.3 Å². The van der Waals surface area contributed by atoms with Gasteiger partial charge in [-0.3, -0.25) is 9.59 Å². The van der Waals surface area contributed by atoms with Crippen molar-refractivity contribution in [3.8, 4) is 0 Å². The molecule has 0 spiro atoms. The molecule has 5 heteroatoms. The monoisotopic (exact) mass is 283 g/mol. The summed E-state index contributed by atoms with van der Waals surface area (Å²) in [5.41, 5.74) is 8.81. The fraction of sp³-hybridized carbons (Fsp3) is 0.125. The van der Waals surface area contributed by atoms with Gasteiger partial charge in [0.2, 0.25) is 0 Å². The predicted octanol–water partition coefficient (Wildman–Crippen LogP) is 2.19. The SMILES string of the molecule is CNC(=O)c1cccc(NC(=O)c2ccc(C)c(N)c2)c1. The molecule has 0 aromatic heterocycles. The highest BCUT2D eigenvalue weighted by molar-refractivity contribution is 6.05. The molecule has 0 aliphatic carbocycles. The van der Waals surface area contributed by atoms with Crippen molar-refractivity contribution in [2.75, 3.05) is 18.1 Å². The molecule has 2 aromatic rings. The van der Waals surface area contributed by atoms with Crippen LogP contribution in [0, 0.1) is 6.92 Å². The molecule has 0 aliphatic heterocycles. The Labute approximate surface area is 123 Å². The Bertz CT molecular complexity index is 696. The average molecular weight is 283 g/mol. The van der Waals surface area contributed by atoms with E-state index >= 15 is 0 Å². The average Bonchev–Trinajstić information content (AvgIpc) is 2.49. The summed E-state index contributed by atoms with van der Waals surface area (Å²) >= 11 is 0. The molecule has 5 nitrogen and oxygen atoms in total. The molecule has 0 bridgehead atoms. The lowest BCUT2D eigenvalue weighted by molar-refractivity contribution is 0.0961. The van der Waals surface area contributed by atoms with Crippen LogP contribution in [0.3, 0.4) is 0 Å². The molecule has 0 fully saturated rings. The summed E-state index contributed by atoms with van der Waals surface area (Å²) in [6.07, 6.45) is 0. The number of amides is 2. The minimum absolute atomic E-state index is 0.203. The normalized spacial score (nSPS) is 10.0. The third kappa shape index (κ3) is 3.39. The standard InChI is InChI=1S/C16H17N3O2/c1-10-6-7-12(9-14(10)17)16(21)19-13-5-3-4-11(8-13)15(20)18-2/h3-9H,17H2,1-2H3,(H,18,20)(H,19,21). The van der Waals surface area contributed by atoms with Gasteiger partial charge in [-0.2, -0.15) is 0 Å². The second-order valence-corrected chi connectivity index (χ2v) is 4.69. The van der Waals surface area contributed by atoms with Gasteiger partial charge in [0.15, 0.2) is 0 Å². The molecule has 0 heterocycles. The van der Waals surface area contributed by atoms with E-state index in [9.17, 15) is 9.59 Å². The van der Waals surface area contributed by atoms with Crippen molar-refractivity contribution in [3.63, 3.8) is 0 Å². The van der Waals surface area contributed by atoms with E-state index in [0.29, 0.717) is 22.5 Å². The molecule has 4 N–H and O–H groups in total. The molecule has 0 unspecified atom stereocenters. The number of carbonyl (C=O) groups excluding carboxylic acids is 2. The summed E-state index contributed by atoms with van der Waals surface area (Å²) in [5, 5.41) is 5.29. The molecule has 21 heavy (non-hydrogen) atoms. The van der Waals surface area contributed by atoms with Crippen LogP contribution in [0.2, 0.25) is 0 Å². The largest absolute Gasteiger partial charge is 0.398 e. The van der Waals surface area contributed by atoms with Crippen molar-refractivity contribution in [1.82, 2.24) is 5.32 Å². The summed E-state index contributed by atoms with van der Waals surface area (Å²) in [6.45, 7) is 1.88. The quantitative estimate of drug-likeness (QED) is 0.755. The Balaban J connectivity index is 2.19. The van der Waals surface area contributed by atoms with Gasteiger partial charge in [0, 0.05) is 29.5 Å². The van der Waals surface area contributed by atoms with Crippen LogP contribution in [-0.4, -0.2) is 18.9 Å². The first-order chi connectivity index (χ1) is 10.0.